The summed E-state index contributed by atoms with van der Waals surface area (Å²) in [5.74, 6) is 0.0259. The minimum absolute atomic E-state index is 0.0259. The maximum atomic E-state index is 13.1. The molecule has 0 N–H and O–H groups in total. The Bertz CT molecular complexity index is 695. The lowest BCUT2D eigenvalue weighted by Gasteiger charge is -2.30. The first-order chi connectivity index (χ1) is 9.85. The molecule has 1 aromatic carbocycles. The van der Waals surface area contributed by atoms with Gasteiger partial charge in [-0.2, -0.15) is 5.10 Å². The molecule has 2 aromatic rings. The maximum Gasteiger partial charge on any atom is 0.277 e. The van der Waals surface area contributed by atoms with E-state index in [1.54, 1.807) is 10.9 Å². The molecule has 1 aromatic heterocycles. The van der Waals surface area contributed by atoms with E-state index in [1.807, 2.05) is 37.1 Å². The second-order valence-electron chi connectivity index (χ2n) is 6.39. The third-order valence-corrected chi connectivity index (χ3v) is 4.83. The third kappa shape index (κ3) is 1.82. The van der Waals surface area contributed by atoms with Gasteiger partial charge in [-0.3, -0.25) is 9.48 Å². The van der Waals surface area contributed by atoms with Crippen molar-refractivity contribution in [2.75, 3.05) is 4.90 Å². The van der Waals surface area contributed by atoms with Gasteiger partial charge in [0.2, 0.25) is 0 Å². The predicted octanol–water partition coefficient (Wildman–Crippen LogP) is 3.06. The van der Waals surface area contributed by atoms with Crippen molar-refractivity contribution in [3.8, 4) is 0 Å². The SMILES string of the molecule is Cc1cnn(C)c1C(=O)N1c2ccccc2C(C)(C)C1C. The number of para-hydroxylation sites is 1. The van der Waals surface area contributed by atoms with Crippen LogP contribution in [0.2, 0.25) is 0 Å². The molecule has 0 spiro atoms. The first-order valence-electron chi connectivity index (χ1n) is 7.27. The first-order valence-corrected chi connectivity index (χ1v) is 7.27. The molecular weight excluding hydrogens is 262 g/mol. The summed E-state index contributed by atoms with van der Waals surface area (Å²) < 4.78 is 1.66. The highest BCUT2D eigenvalue weighted by atomic mass is 16.2. The van der Waals surface area contributed by atoms with Gasteiger partial charge in [-0.15, -0.1) is 0 Å². The van der Waals surface area contributed by atoms with Crippen LogP contribution in [0.15, 0.2) is 30.5 Å². The van der Waals surface area contributed by atoms with Crippen LogP contribution in [0.5, 0.6) is 0 Å². The van der Waals surface area contributed by atoms with E-state index in [2.05, 4.69) is 31.9 Å². The topological polar surface area (TPSA) is 38.1 Å². The molecule has 1 unspecified atom stereocenters. The van der Waals surface area contributed by atoms with Crippen molar-refractivity contribution in [3.05, 3.63) is 47.3 Å². The van der Waals surface area contributed by atoms with E-state index >= 15 is 0 Å². The van der Waals surface area contributed by atoms with Crippen molar-refractivity contribution < 1.29 is 4.79 Å². The van der Waals surface area contributed by atoms with Gasteiger partial charge in [-0.05, 0) is 31.0 Å². The van der Waals surface area contributed by atoms with Gasteiger partial charge in [0.1, 0.15) is 5.69 Å². The smallest absolute Gasteiger partial charge is 0.277 e. The number of nitrogens with zero attached hydrogens (tertiary/aromatic N) is 3. The zero-order chi connectivity index (χ0) is 15.4. The standard InChI is InChI=1S/C17H21N3O/c1-11-10-18-19(5)15(11)16(21)20-12(2)17(3,4)13-8-6-7-9-14(13)20/h6-10,12H,1-5H3. The van der Waals surface area contributed by atoms with E-state index in [4.69, 9.17) is 0 Å². The normalized spacial score (nSPS) is 19.7. The number of benzene rings is 1. The molecule has 0 bridgehead atoms. The number of carbonyl (C=O) groups is 1. The Morgan fingerprint density at radius 2 is 1.95 bits per heavy atom. The van der Waals surface area contributed by atoms with Gasteiger partial charge in [-0.25, -0.2) is 0 Å². The number of anilines is 1. The highest BCUT2D eigenvalue weighted by molar-refractivity contribution is 6.08. The summed E-state index contributed by atoms with van der Waals surface area (Å²) in [7, 11) is 1.82. The van der Waals surface area contributed by atoms with Crippen LogP contribution in [0.1, 0.15) is 42.4 Å². The van der Waals surface area contributed by atoms with Crippen molar-refractivity contribution in [3.63, 3.8) is 0 Å². The summed E-state index contributed by atoms with van der Waals surface area (Å²) in [4.78, 5) is 15.0. The van der Waals surface area contributed by atoms with Crippen LogP contribution in [-0.2, 0) is 12.5 Å². The molecule has 1 aliphatic rings. The summed E-state index contributed by atoms with van der Waals surface area (Å²) in [6, 6.07) is 8.29. The Labute approximate surface area is 125 Å². The van der Waals surface area contributed by atoms with Crippen molar-refractivity contribution in [1.29, 1.82) is 0 Å². The fourth-order valence-corrected chi connectivity index (χ4v) is 3.24. The number of hydrogen-bond acceptors (Lipinski definition) is 2. The fraction of sp³-hybridized carbons (Fsp3) is 0.412. The van der Waals surface area contributed by atoms with Gasteiger partial charge in [0.05, 0.1) is 6.20 Å². The Morgan fingerprint density at radius 1 is 1.29 bits per heavy atom. The van der Waals surface area contributed by atoms with Gasteiger partial charge in [0, 0.05) is 24.2 Å². The van der Waals surface area contributed by atoms with Crippen LogP contribution in [-0.4, -0.2) is 21.7 Å². The summed E-state index contributed by atoms with van der Waals surface area (Å²) in [6.45, 7) is 8.43. The van der Waals surface area contributed by atoms with Crippen molar-refractivity contribution in [2.24, 2.45) is 7.05 Å². The molecule has 3 rings (SSSR count). The number of amides is 1. The number of aryl methyl sites for hydroxylation is 2. The van der Waals surface area contributed by atoms with E-state index < -0.39 is 0 Å². The second-order valence-corrected chi connectivity index (χ2v) is 6.39. The molecular formula is C17H21N3O. The second kappa shape index (κ2) is 4.45. The van der Waals surface area contributed by atoms with Crippen LogP contribution >= 0.6 is 0 Å². The Morgan fingerprint density at radius 3 is 2.57 bits per heavy atom. The van der Waals surface area contributed by atoms with E-state index in [1.165, 1.54) is 5.56 Å². The number of rotatable bonds is 1. The summed E-state index contributed by atoms with van der Waals surface area (Å²) >= 11 is 0. The largest absolute Gasteiger partial charge is 0.303 e. The molecule has 1 aliphatic heterocycles. The average molecular weight is 283 g/mol. The van der Waals surface area contributed by atoms with Crippen LogP contribution in [0.25, 0.3) is 0 Å². The lowest BCUT2D eigenvalue weighted by molar-refractivity contribution is 0.0965. The Balaban J connectivity index is 2.14. The summed E-state index contributed by atoms with van der Waals surface area (Å²) in [6.07, 6.45) is 1.74. The third-order valence-electron chi connectivity index (χ3n) is 4.83. The molecule has 1 amide bonds. The van der Waals surface area contributed by atoms with E-state index in [0.717, 1.165) is 11.3 Å². The zero-order valence-electron chi connectivity index (χ0n) is 13.2. The molecule has 0 fully saturated rings. The molecule has 4 heteroatoms. The highest BCUT2D eigenvalue weighted by Gasteiger charge is 2.45. The molecule has 1 atom stereocenters. The van der Waals surface area contributed by atoms with Crippen LogP contribution in [0.4, 0.5) is 5.69 Å². The Kier molecular flexibility index (Phi) is 2.94. The average Bonchev–Trinajstić information content (AvgIpc) is 2.87. The lowest BCUT2D eigenvalue weighted by Crippen LogP contribution is -2.43. The summed E-state index contributed by atoms with van der Waals surface area (Å²) in [5, 5.41) is 4.20. The maximum absolute atomic E-state index is 13.1. The zero-order valence-corrected chi connectivity index (χ0v) is 13.2. The molecule has 21 heavy (non-hydrogen) atoms. The van der Waals surface area contributed by atoms with Crippen LogP contribution in [0.3, 0.4) is 0 Å². The Hall–Kier alpha value is -2.10. The lowest BCUT2D eigenvalue weighted by atomic mass is 9.81. The van der Waals surface area contributed by atoms with E-state index in [-0.39, 0.29) is 17.4 Å². The van der Waals surface area contributed by atoms with Gasteiger partial charge in [-0.1, -0.05) is 32.0 Å². The van der Waals surface area contributed by atoms with Gasteiger partial charge >= 0.3 is 0 Å². The number of fused-ring (bicyclic) bond motifs is 1. The molecule has 0 radical (unpaired) electrons. The number of hydrogen-bond donors (Lipinski definition) is 0. The monoisotopic (exact) mass is 283 g/mol. The molecule has 4 nitrogen and oxygen atoms in total. The number of carbonyl (C=O) groups excluding carboxylic acids is 1. The molecule has 110 valence electrons. The molecule has 0 saturated heterocycles. The molecule has 2 heterocycles. The van der Waals surface area contributed by atoms with Gasteiger partial charge in [0.15, 0.2) is 0 Å². The van der Waals surface area contributed by atoms with Gasteiger partial charge < -0.3 is 4.90 Å². The van der Waals surface area contributed by atoms with Crippen molar-refractivity contribution in [2.45, 2.75) is 39.2 Å². The van der Waals surface area contributed by atoms with E-state index in [9.17, 15) is 4.79 Å². The van der Waals surface area contributed by atoms with E-state index in [0.29, 0.717) is 5.69 Å². The first kappa shape index (κ1) is 13.9. The molecule has 0 aliphatic carbocycles. The minimum Gasteiger partial charge on any atom is -0.303 e. The van der Waals surface area contributed by atoms with Crippen LogP contribution in [0, 0.1) is 6.92 Å². The predicted molar refractivity (Wildman–Crippen MR) is 83.7 cm³/mol. The minimum atomic E-state index is -0.0568. The van der Waals surface area contributed by atoms with Crippen LogP contribution < -0.4 is 4.90 Å². The molecule has 0 saturated carbocycles. The fourth-order valence-electron chi connectivity index (χ4n) is 3.24. The summed E-state index contributed by atoms with van der Waals surface area (Å²) in [5.41, 5.74) is 3.76. The van der Waals surface area contributed by atoms with Crippen molar-refractivity contribution >= 4 is 11.6 Å². The quantitative estimate of drug-likeness (QED) is 0.806. The highest BCUT2D eigenvalue weighted by Crippen LogP contribution is 2.45. The van der Waals surface area contributed by atoms with Crippen molar-refractivity contribution in [1.82, 2.24) is 9.78 Å². The number of aromatic nitrogens is 2. The van der Waals surface area contributed by atoms with Gasteiger partial charge in [0.25, 0.3) is 5.91 Å².